The summed E-state index contributed by atoms with van der Waals surface area (Å²) < 4.78 is 5.94. The first kappa shape index (κ1) is 19.0. The molecule has 144 valence electrons. The molecule has 1 aromatic carbocycles. The van der Waals surface area contributed by atoms with Crippen LogP contribution in [0.25, 0.3) is 0 Å². The summed E-state index contributed by atoms with van der Waals surface area (Å²) >= 11 is 0. The molecule has 0 saturated carbocycles. The van der Waals surface area contributed by atoms with Crippen molar-refractivity contribution in [3.8, 4) is 5.75 Å². The molecule has 5 nitrogen and oxygen atoms in total. The van der Waals surface area contributed by atoms with Crippen molar-refractivity contribution in [2.24, 2.45) is 4.99 Å². The van der Waals surface area contributed by atoms with Crippen LogP contribution in [0, 0.1) is 0 Å². The minimum Gasteiger partial charge on any atom is -0.489 e. The molecule has 1 aromatic rings. The maximum Gasteiger partial charge on any atom is 0.191 e. The molecular formula is C21H34N4O. The van der Waals surface area contributed by atoms with E-state index in [1.54, 1.807) is 0 Å². The lowest BCUT2D eigenvalue weighted by Gasteiger charge is -2.47. The summed E-state index contributed by atoms with van der Waals surface area (Å²) in [6, 6.07) is 11.9. The van der Waals surface area contributed by atoms with Gasteiger partial charge in [-0.2, -0.15) is 0 Å². The molecule has 0 aromatic heterocycles. The Bertz CT molecular complexity index is 563. The van der Waals surface area contributed by atoms with Gasteiger partial charge in [-0.25, -0.2) is 4.99 Å². The van der Waals surface area contributed by atoms with Crippen LogP contribution in [0.1, 0.15) is 46.0 Å². The van der Waals surface area contributed by atoms with E-state index in [-0.39, 0.29) is 6.10 Å². The van der Waals surface area contributed by atoms with Crippen molar-refractivity contribution in [2.45, 2.75) is 70.2 Å². The van der Waals surface area contributed by atoms with Gasteiger partial charge in [0.2, 0.25) is 0 Å². The van der Waals surface area contributed by atoms with Crippen molar-refractivity contribution in [2.75, 3.05) is 20.1 Å². The lowest BCUT2D eigenvalue weighted by Crippen LogP contribution is -2.56. The summed E-state index contributed by atoms with van der Waals surface area (Å²) in [6.45, 7) is 5.70. The molecule has 3 unspecified atom stereocenters. The number of para-hydroxylation sites is 1. The number of nitrogens with zero attached hydrogens (tertiary/aromatic N) is 2. The fourth-order valence-corrected chi connectivity index (χ4v) is 4.24. The summed E-state index contributed by atoms with van der Waals surface area (Å²) in [4.78, 5) is 7.37. The van der Waals surface area contributed by atoms with Crippen LogP contribution in [0.3, 0.4) is 0 Å². The van der Waals surface area contributed by atoms with E-state index in [1.807, 2.05) is 30.3 Å². The Labute approximate surface area is 158 Å². The number of nitrogens with one attached hydrogen (secondary N) is 2. The molecular weight excluding hydrogens is 324 g/mol. The van der Waals surface area contributed by atoms with E-state index in [1.165, 1.54) is 32.1 Å². The number of rotatable bonds is 6. The third-order valence-electron chi connectivity index (χ3n) is 5.61. The zero-order chi connectivity index (χ0) is 18.4. The third kappa shape index (κ3) is 5.13. The van der Waals surface area contributed by atoms with Gasteiger partial charge in [0.25, 0.3) is 0 Å². The number of guanidine groups is 1. The quantitative estimate of drug-likeness (QED) is 0.606. The summed E-state index contributed by atoms with van der Waals surface area (Å²) in [5.74, 6) is 1.82. The highest BCUT2D eigenvalue weighted by molar-refractivity contribution is 5.80. The second-order valence-corrected chi connectivity index (χ2v) is 7.68. The zero-order valence-corrected chi connectivity index (χ0v) is 16.4. The Kier molecular flexibility index (Phi) is 6.78. The minimum atomic E-state index is 0.0460. The van der Waals surface area contributed by atoms with E-state index in [9.17, 15) is 0 Å². The second-order valence-electron chi connectivity index (χ2n) is 7.68. The Morgan fingerprint density at radius 1 is 1.23 bits per heavy atom. The Hall–Kier alpha value is -1.75. The summed E-state index contributed by atoms with van der Waals surface area (Å²) in [6.07, 6.45) is 6.53. The minimum absolute atomic E-state index is 0.0460. The molecule has 0 aliphatic carbocycles. The van der Waals surface area contributed by atoms with Crippen LogP contribution >= 0.6 is 0 Å². The fraction of sp³-hybridized carbons (Fsp3) is 0.667. The predicted octanol–water partition coefficient (Wildman–Crippen LogP) is 3.02. The molecule has 2 aliphatic heterocycles. The van der Waals surface area contributed by atoms with E-state index in [2.05, 4.69) is 36.4 Å². The number of hydrogen-bond acceptors (Lipinski definition) is 3. The maximum atomic E-state index is 5.94. The van der Waals surface area contributed by atoms with Crippen molar-refractivity contribution in [1.82, 2.24) is 15.5 Å². The molecule has 5 heteroatoms. The molecule has 2 heterocycles. The van der Waals surface area contributed by atoms with Gasteiger partial charge in [0.15, 0.2) is 5.96 Å². The van der Waals surface area contributed by atoms with Crippen molar-refractivity contribution >= 4 is 5.96 Å². The number of benzene rings is 1. The Balaban J connectivity index is 1.53. The molecule has 3 rings (SSSR count). The van der Waals surface area contributed by atoms with E-state index in [0.29, 0.717) is 12.6 Å². The normalized spacial score (nSPS) is 27.7. The van der Waals surface area contributed by atoms with Gasteiger partial charge < -0.3 is 20.3 Å². The van der Waals surface area contributed by atoms with E-state index in [0.717, 1.165) is 30.3 Å². The standard InChI is InChI=1S/C21H34N4O/c1-4-22-21(23-15-16(2)26-20-11-6-5-7-12-20)24-17-13-18-9-8-10-19(14-17)25(18)3/h5-7,11-12,16-19H,4,8-10,13-15H2,1-3H3,(H2,22,23,24). The summed E-state index contributed by atoms with van der Waals surface area (Å²) in [7, 11) is 2.30. The average molecular weight is 359 g/mol. The number of ether oxygens (including phenoxy) is 1. The molecule has 26 heavy (non-hydrogen) atoms. The lowest BCUT2D eigenvalue weighted by atomic mass is 9.82. The first-order valence-corrected chi connectivity index (χ1v) is 10.1. The van der Waals surface area contributed by atoms with Crippen LogP contribution in [-0.2, 0) is 0 Å². The van der Waals surface area contributed by atoms with Crippen molar-refractivity contribution in [3.63, 3.8) is 0 Å². The average Bonchev–Trinajstić information content (AvgIpc) is 2.61. The van der Waals surface area contributed by atoms with Gasteiger partial charge in [0, 0.05) is 24.7 Å². The topological polar surface area (TPSA) is 48.9 Å². The third-order valence-corrected chi connectivity index (χ3v) is 5.61. The maximum absolute atomic E-state index is 5.94. The van der Waals surface area contributed by atoms with Crippen LogP contribution in [0.2, 0.25) is 0 Å². The van der Waals surface area contributed by atoms with Gasteiger partial charge in [-0.05, 0) is 58.7 Å². The largest absolute Gasteiger partial charge is 0.489 e. The van der Waals surface area contributed by atoms with E-state index < -0.39 is 0 Å². The molecule has 2 N–H and O–H groups in total. The Morgan fingerprint density at radius 2 is 1.92 bits per heavy atom. The molecule has 2 fully saturated rings. The first-order chi connectivity index (χ1) is 12.7. The highest BCUT2D eigenvalue weighted by atomic mass is 16.5. The highest BCUT2D eigenvalue weighted by Crippen LogP contribution is 2.32. The second kappa shape index (κ2) is 9.26. The molecule has 2 bridgehead atoms. The lowest BCUT2D eigenvalue weighted by molar-refractivity contribution is 0.0526. The van der Waals surface area contributed by atoms with Gasteiger partial charge in [0.05, 0.1) is 6.54 Å². The number of fused-ring (bicyclic) bond motifs is 2. The smallest absolute Gasteiger partial charge is 0.191 e. The SMILES string of the molecule is CCNC(=NCC(C)Oc1ccccc1)NC1CC2CCCC(C1)N2C. The van der Waals surface area contributed by atoms with E-state index in [4.69, 9.17) is 9.73 Å². The fourth-order valence-electron chi connectivity index (χ4n) is 4.24. The van der Waals surface area contributed by atoms with Crippen LogP contribution in [0.4, 0.5) is 0 Å². The van der Waals surface area contributed by atoms with Gasteiger partial charge in [-0.3, -0.25) is 0 Å². The van der Waals surface area contributed by atoms with Crippen molar-refractivity contribution in [3.05, 3.63) is 30.3 Å². The van der Waals surface area contributed by atoms with Gasteiger partial charge in [-0.1, -0.05) is 24.6 Å². The highest BCUT2D eigenvalue weighted by Gasteiger charge is 2.36. The Morgan fingerprint density at radius 3 is 2.58 bits per heavy atom. The molecule has 0 radical (unpaired) electrons. The molecule has 0 amide bonds. The van der Waals surface area contributed by atoms with Gasteiger partial charge in [0.1, 0.15) is 11.9 Å². The molecule has 3 atom stereocenters. The number of hydrogen-bond donors (Lipinski definition) is 2. The molecule has 2 aliphatic rings. The van der Waals surface area contributed by atoms with Crippen LogP contribution in [0.15, 0.2) is 35.3 Å². The molecule has 2 saturated heterocycles. The number of piperidine rings is 2. The monoisotopic (exact) mass is 358 g/mol. The van der Waals surface area contributed by atoms with Crippen molar-refractivity contribution in [1.29, 1.82) is 0 Å². The van der Waals surface area contributed by atoms with E-state index >= 15 is 0 Å². The first-order valence-electron chi connectivity index (χ1n) is 10.1. The van der Waals surface area contributed by atoms with Crippen LogP contribution < -0.4 is 15.4 Å². The molecule has 0 spiro atoms. The zero-order valence-electron chi connectivity index (χ0n) is 16.4. The van der Waals surface area contributed by atoms with Crippen LogP contribution in [0.5, 0.6) is 5.75 Å². The predicted molar refractivity (Wildman–Crippen MR) is 108 cm³/mol. The van der Waals surface area contributed by atoms with Crippen molar-refractivity contribution < 1.29 is 4.74 Å². The van der Waals surface area contributed by atoms with Gasteiger partial charge in [-0.15, -0.1) is 0 Å². The van der Waals surface area contributed by atoms with Gasteiger partial charge >= 0.3 is 0 Å². The summed E-state index contributed by atoms with van der Waals surface area (Å²) in [5.41, 5.74) is 0. The summed E-state index contributed by atoms with van der Waals surface area (Å²) in [5, 5.41) is 7.08. The number of aliphatic imine (C=N–C) groups is 1. The van der Waals surface area contributed by atoms with Crippen LogP contribution in [-0.4, -0.2) is 55.2 Å².